The molecule has 0 aliphatic carbocycles. The van der Waals surface area contributed by atoms with Crippen molar-refractivity contribution in [2.45, 2.75) is 19.3 Å². The maximum atomic E-state index is 12.2. The molecule has 0 aromatic heterocycles. The van der Waals surface area contributed by atoms with E-state index < -0.39 is 0 Å². The van der Waals surface area contributed by atoms with Gasteiger partial charge in [0, 0.05) is 38.4 Å². The van der Waals surface area contributed by atoms with Gasteiger partial charge < -0.3 is 9.80 Å². The zero-order valence-electron chi connectivity index (χ0n) is 10.6. The Kier molecular flexibility index (Phi) is 3.67. The lowest BCUT2D eigenvalue weighted by atomic mass is 10.1. The van der Waals surface area contributed by atoms with Crippen LogP contribution in [0.15, 0.2) is 24.3 Å². The van der Waals surface area contributed by atoms with Gasteiger partial charge in [-0.3, -0.25) is 4.79 Å². The molecule has 0 N–H and O–H groups in total. The summed E-state index contributed by atoms with van der Waals surface area (Å²) in [5.41, 5.74) is 1.93. The molecule has 2 rings (SSSR count). The summed E-state index contributed by atoms with van der Waals surface area (Å²) in [6, 6.07) is 7.84. The van der Waals surface area contributed by atoms with Gasteiger partial charge in [-0.1, -0.05) is 0 Å². The van der Waals surface area contributed by atoms with Gasteiger partial charge in [0.25, 0.3) is 5.91 Å². The first-order chi connectivity index (χ1) is 8.18. The molecule has 17 heavy (non-hydrogen) atoms. The number of rotatable bonds is 2. The van der Waals surface area contributed by atoms with Crippen LogP contribution in [-0.2, 0) is 0 Å². The fourth-order valence-corrected chi connectivity index (χ4v) is 2.18. The summed E-state index contributed by atoms with van der Waals surface area (Å²) in [7, 11) is 4.00. The number of hydrogen-bond donors (Lipinski definition) is 0. The monoisotopic (exact) mass is 232 g/mol. The Labute approximate surface area is 103 Å². The molecule has 1 saturated heterocycles. The summed E-state index contributed by atoms with van der Waals surface area (Å²) in [5, 5.41) is 0. The molecular formula is C14H20N2O. The van der Waals surface area contributed by atoms with E-state index in [0.717, 1.165) is 37.2 Å². The topological polar surface area (TPSA) is 23.6 Å². The molecule has 1 aliphatic heterocycles. The molecule has 1 heterocycles. The van der Waals surface area contributed by atoms with Gasteiger partial charge in [-0.15, -0.1) is 0 Å². The number of carbonyl (C=O) groups is 1. The maximum absolute atomic E-state index is 12.2. The van der Waals surface area contributed by atoms with Crippen LogP contribution in [0.5, 0.6) is 0 Å². The van der Waals surface area contributed by atoms with Crippen LogP contribution in [0.25, 0.3) is 0 Å². The third-order valence-electron chi connectivity index (χ3n) is 3.27. The Morgan fingerprint density at radius 1 is 1.06 bits per heavy atom. The minimum absolute atomic E-state index is 0.176. The van der Waals surface area contributed by atoms with Crippen LogP contribution in [0.3, 0.4) is 0 Å². The van der Waals surface area contributed by atoms with Crippen molar-refractivity contribution in [1.29, 1.82) is 0 Å². The van der Waals surface area contributed by atoms with Gasteiger partial charge >= 0.3 is 0 Å². The van der Waals surface area contributed by atoms with Crippen LogP contribution in [0.2, 0.25) is 0 Å². The molecular weight excluding hydrogens is 212 g/mol. The van der Waals surface area contributed by atoms with E-state index in [-0.39, 0.29) is 5.91 Å². The predicted molar refractivity (Wildman–Crippen MR) is 70.5 cm³/mol. The van der Waals surface area contributed by atoms with Crippen LogP contribution < -0.4 is 4.90 Å². The van der Waals surface area contributed by atoms with Gasteiger partial charge in [-0.25, -0.2) is 0 Å². The minimum atomic E-state index is 0.176. The van der Waals surface area contributed by atoms with Crippen LogP contribution in [0.4, 0.5) is 5.69 Å². The summed E-state index contributed by atoms with van der Waals surface area (Å²) in [4.78, 5) is 16.2. The largest absolute Gasteiger partial charge is 0.378 e. The van der Waals surface area contributed by atoms with Crippen molar-refractivity contribution in [3.63, 3.8) is 0 Å². The predicted octanol–water partition coefficient (Wildman–Crippen LogP) is 2.38. The third kappa shape index (κ3) is 2.78. The van der Waals surface area contributed by atoms with Crippen molar-refractivity contribution in [1.82, 2.24) is 4.90 Å². The van der Waals surface area contributed by atoms with E-state index in [0.29, 0.717) is 0 Å². The SMILES string of the molecule is CN(C)c1ccc(C(=O)N2CCCCC2)cc1. The molecule has 1 fully saturated rings. The Morgan fingerprint density at radius 2 is 1.65 bits per heavy atom. The highest BCUT2D eigenvalue weighted by Gasteiger charge is 2.17. The number of nitrogens with zero attached hydrogens (tertiary/aromatic N) is 2. The van der Waals surface area contributed by atoms with Gasteiger partial charge in [0.2, 0.25) is 0 Å². The molecule has 0 saturated carbocycles. The third-order valence-corrected chi connectivity index (χ3v) is 3.27. The summed E-state index contributed by atoms with van der Waals surface area (Å²) in [5.74, 6) is 0.176. The van der Waals surface area contributed by atoms with Crippen molar-refractivity contribution in [2.24, 2.45) is 0 Å². The number of amides is 1. The lowest BCUT2D eigenvalue weighted by Gasteiger charge is -2.26. The van der Waals surface area contributed by atoms with E-state index in [2.05, 4.69) is 0 Å². The summed E-state index contributed by atoms with van der Waals surface area (Å²) in [6.45, 7) is 1.82. The van der Waals surface area contributed by atoms with Crippen LogP contribution in [0, 0.1) is 0 Å². The highest BCUT2D eigenvalue weighted by Crippen LogP contribution is 2.16. The lowest BCUT2D eigenvalue weighted by molar-refractivity contribution is 0.0724. The average Bonchev–Trinajstić information content (AvgIpc) is 2.39. The normalized spacial score (nSPS) is 15.8. The van der Waals surface area contributed by atoms with Crippen molar-refractivity contribution in [2.75, 3.05) is 32.1 Å². The van der Waals surface area contributed by atoms with Crippen LogP contribution in [0.1, 0.15) is 29.6 Å². The first kappa shape index (κ1) is 12.0. The second-order valence-electron chi connectivity index (χ2n) is 4.79. The van der Waals surface area contributed by atoms with E-state index in [4.69, 9.17) is 0 Å². The Balaban J connectivity index is 2.08. The molecule has 1 aromatic carbocycles. The van der Waals surface area contributed by atoms with Crippen molar-refractivity contribution < 1.29 is 4.79 Å². The highest BCUT2D eigenvalue weighted by atomic mass is 16.2. The molecule has 0 bridgehead atoms. The van der Waals surface area contributed by atoms with Gasteiger partial charge in [0.15, 0.2) is 0 Å². The molecule has 0 atom stereocenters. The van der Waals surface area contributed by atoms with Crippen molar-refractivity contribution in [3.05, 3.63) is 29.8 Å². The smallest absolute Gasteiger partial charge is 0.253 e. The molecule has 3 nitrogen and oxygen atoms in total. The number of anilines is 1. The second kappa shape index (κ2) is 5.21. The molecule has 0 spiro atoms. The van der Waals surface area contributed by atoms with Crippen LogP contribution >= 0.6 is 0 Å². The van der Waals surface area contributed by atoms with Gasteiger partial charge in [-0.2, -0.15) is 0 Å². The van der Waals surface area contributed by atoms with E-state index in [1.165, 1.54) is 6.42 Å². The molecule has 1 aromatic rings. The van der Waals surface area contributed by atoms with E-state index in [1.54, 1.807) is 0 Å². The van der Waals surface area contributed by atoms with E-state index >= 15 is 0 Å². The minimum Gasteiger partial charge on any atom is -0.378 e. The average molecular weight is 232 g/mol. The zero-order valence-corrected chi connectivity index (χ0v) is 10.6. The summed E-state index contributed by atoms with van der Waals surface area (Å²) < 4.78 is 0. The zero-order chi connectivity index (χ0) is 12.3. The second-order valence-corrected chi connectivity index (χ2v) is 4.79. The number of hydrogen-bond acceptors (Lipinski definition) is 2. The van der Waals surface area contributed by atoms with E-state index in [9.17, 15) is 4.79 Å². The standard InChI is InChI=1S/C14H20N2O/c1-15(2)13-8-6-12(7-9-13)14(17)16-10-4-3-5-11-16/h6-9H,3-5,10-11H2,1-2H3. The number of carbonyl (C=O) groups excluding carboxylic acids is 1. The first-order valence-corrected chi connectivity index (χ1v) is 6.25. The molecule has 3 heteroatoms. The number of piperidine rings is 1. The molecule has 1 amide bonds. The number of benzene rings is 1. The van der Waals surface area contributed by atoms with Crippen molar-refractivity contribution >= 4 is 11.6 Å². The maximum Gasteiger partial charge on any atom is 0.253 e. The Bertz CT molecular complexity index is 378. The lowest BCUT2D eigenvalue weighted by Crippen LogP contribution is -2.35. The molecule has 0 unspecified atom stereocenters. The fourth-order valence-electron chi connectivity index (χ4n) is 2.18. The fraction of sp³-hybridized carbons (Fsp3) is 0.500. The summed E-state index contributed by atoms with van der Waals surface area (Å²) in [6.07, 6.45) is 3.53. The summed E-state index contributed by atoms with van der Waals surface area (Å²) >= 11 is 0. The van der Waals surface area contributed by atoms with Crippen LogP contribution in [-0.4, -0.2) is 38.0 Å². The Morgan fingerprint density at radius 3 is 2.18 bits per heavy atom. The molecule has 92 valence electrons. The highest BCUT2D eigenvalue weighted by molar-refractivity contribution is 5.94. The van der Waals surface area contributed by atoms with Crippen molar-refractivity contribution in [3.8, 4) is 0 Å². The number of likely N-dealkylation sites (tertiary alicyclic amines) is 1. The molecule has 0 radical (unpaired) electrons. The van der Waals surface area contributed by atoms with Gasteiger partial charge in [-0.05, 0) is 43.5 Å². The van der Waals surface area contributed by atoms with Gasteiger partial charge in [0.05, 0.1) is 0 Å². The van der Waals surface area contributed by atoms with E-state index in [1.807, 2.05) is 48.2 Å². The quantitative estimate of drug-likeness (QED) is 0.781. The first-order valence-electron chi connectivity index (χ1n) is 6.25. The Hall–Kier alpha value is -1.51. The van der Waals surface area contributed by atoms with Gasteiger partial charge in [0.1, 0.15) is 0 Å². The molecule has 1 aliphatic rings.